The molecule has 1 heterocycles. The van der Waals surface area contributed by atoms with Crippen LogP contribution in [0.25, 0.3) is 22.2 Å². The first-order valence-corrected chi connectivity index (χ1v) is 8.47. The van der Waals surface area contributed by atoms with Crippen molar-refractivity contribution in [3.63, 3.8) is 0 Å². The smallest absolute Gasteiger partial charge is 0.311 e. The number of aromatic nitrogens is 3. The first kappa shape index (κ1) is 18.1. The highest BCUT2D eigenvalue weighted by Crippen LogP contribution is 2.35. The Bertz CT molecular complexity index is 960. The molecule has 6 nitrogen and oxygen atoms in total. The van der Waals surface area contributed by atoms with Gasteiger partial charge in [0.2, 0.25) is 0 Å². The first-order chi connectivity index (χ1) is 12.4. The Labute approximate surface area is 152 Å². The van der Waals surface area contributed by atoms with Gasteiger partial charge in [-0.25, -0.2) is 4.68 Å². The second-order valence-corrected chi connectivity index (χ2v) is 7.09. The van der Waals surface area contributed by atoms with Crippen molar-refractivity contribution >= 4 is 17.0 Å². The van der Waals surface area contributed by atoms with Gasteiger partial charge < -0.3 is 9.84 Å². The summed E-state index contributed by atoms with van der Waals surface area (Å²) in [4.78, 5) is 12.2. The monoisotopic (exact) mass is 353 g/mol. The average Bonchev–Trinajstić information content (AvgIpc) is 3.01. The van der Waals surface area contributed by atoms with Crippen LogP contribution < -0.4 is 0 Å². The molecule has 0 aliphatic carbocycles. The second-order valence-electron chi connectivity index (χ2n) is 7.09. The van der Waals surface area contributed by atoms with Crippen LogP contribution in [-0.2, 0) is 29.6 Å². The van der Waals surface area contributed by atoms with Gasteiger partial charge in [0, 0.05) is 12.6 Å². The van der Waals surface area contributed by atoms with Crippen LogP contribution in [0.2, 0.25) is 0 Å². The van der Waals surface area contributed by atoms with E-state index in [0.717, 1.165) is 33.3 Å². The van der Waals surface area contributed by atoms with Crippen LogP contribution in [0.3, 0.4) is 0 Å². The van der Waals surface area contributed by atoms with Crippen molar-refractivity contribution in [3.05, 3.63) is 47.5 Å². The molecule has 0 amide bonds. The second kappa shape index (κ2) is 6.88. The summed E-state index contributed by atoms with van der Waals surface area (Å²) in [6.07, 6.45) is 0.505. The highest BCUT2D eigenvalue weighted by molar-refractivity contribution is 5.94. The van der Waals surface area contributed by atoms with Crippen LogP contribution in [0, 0.1) is 5.41 Å². The molecule has 0 atom stereocenters. The fraction of sp³-hybridized carbons (Fsp3) is 0.350. The van der Waals surface area contributed by atoms with Crippen molar-refractivity contribution in [3.8, 4) is 11.1 Å². The van der Waals surface area contributed by atoms with Crippen molar-refractivity contribution in [2.75, 3.05) is 7.11 Å². The van der Waals surface area contributed by atoms with Crippen molar-refractivity contribution in [2.24, 2.45) is 12.5 Å². The minimum Gasteiger partial charge on any atom is -0.469 e. The number of carbonyl (C=O) groups is 1. The van der Waals surface area contributed by atoms with Crippen molar-refractivity contribution in [1.29, 1.82) is 0 Å². The maximum Gasteiger partial charge on any atom is 0.311 e. The fourth-order valence-corrected chi connectivity index (χ4v) is 3.26. The lowest BCUT2D eigenvalue weighted by Gasteiger charge is -2.23. The molecule has 2 aromatic carbocycles. The molecule has 0 aliphatic heterocycles. The number of nitrogens with zero attached hydrogens (tertiary/aromatic N) is 3. The summed E-state index contributed by atoms with van der Waals surface area (Å²) >= 11 is 0. The molecule has 136 valence electrons. The number of carbonyl (C=O) groups excluding carboxylic acids is 1. The molecule has 1 aromatic heterocycles. The number of fused-ring (bicyclic) bond motifs is 1. The highest BCUT2D eigenvalue weighted by Gasteiger charge is 2.30. The summed E-state index contributed by atoms with van der Waals surface area (Å²) in [5.41, 5.74) is 4.70. The summed E-state index contributed by atoms with van der Waals surface area (Å²) in [5.74, 6) is -0.258. The minimum absolute atomic E-state index is 0.0345. The predicted molar refractivity (Wildman–Crippen MR) is 99.4 cm³/mol. The van der Waals surface area contributed by atoms with Crippen LogP contribution in [-0.4, -0.2) is 33.2 Å². The zero-order chi connectivity index (χ0) is 18.9. The van der Waals surface area contributed by atoms with E-state index in [9.17, 15) is 9.90 Å². The fourth-order valence-electron chi connectivity index (χ4n) is 3.26. The van der Waals surface area contributed by atoms with Gasteiger partial charge in [-0.05, 0) is 49.1 Å². The van der Waals surface area contributed by atoms with Crippen molar-refractivity contribution in [2.45, 2.75) is 26.9 Å². The zero-order valence-electron chi connectivity index (χ0n) is 15.5. The van der Waals surface area contributed by atoms with E-state index < -0.39 is 5.41 Å². The van der Waals surface area contributed by atoms with Gasteiger partial charge >= 0.3 is 5.97 Å². The zero-order valence-corrected chi connectivity index (χ0v) is 15.5. The lowest BCUT2D eigenvalue weighted by atomic mass is 9.82. The van der Waals surface area contributed by atoms with Crippen LogP contribution in [0.15, 0.2) is 36.4 Å². The number of benzene rings is 2. The van der Waals surface area contributed by atoms with Gasteiger partial charge in [0.15, 0.2) is 0 Å². The average molecular weight is 353 g/mol. The Hall–Kier alpha value is -2.73. The number of hydrogen-bond acceptors (Lipinski definition) is 5. The van der Waals surface area contributed by atoms with E-state index >= 15 is 0 Å². The quantitative estimate of drug-likeness (QED) is 0.714. The standard InChI is InChI=1S/C20H23N3O3/c1-20(2,19(25)26-4)11-15-8-9-16-18(21-22-23(16)3)17(15)14-7-5-6-13(10-14)12-24/h5-10,24H,11-12H2,1-4H3. The minimum atomic E-state index is -0.673. The number of aliphatic hydroxyl groups is 1. The van der Waals surface area contributed by atoms with Crippen LogP contribution in [0.1, 0.15) is 25.0 Å². The molecule has 0 aliphatic rings. The van der Waals surface area contributed by atoms with E-state index in [1.807, 2.05) is 57.3 Å². The Morgan fingerprint density at radius 3 is 2.73 bits per heavy atom. The molecule has 0 saturated carbocycles. The van der Waals surface area contributed by atoms with Gasteiger partial charge in [-0.1, -0.05) is 29.5 Å². The van der Waals surface area contributed by atoms with Gasteiger partial charge in [-0.15, -0.1) is 5.10 Å². The first-order valence-electron chi connectivity index (χ1n) is 8.47. The summed E-state index contributed by atoms with van der Waals surface area (Å²) in [5, 5.41) is 18.0. The number of aliphatic hydroxyl groups excluding tert-OH is 1. The molecular weight excluding hydrogens is 330 g/mol. The summed E-state index contributed by atoms with van der Waals surface area (Å²) in [6.45, 7) is 3.70. The molecule has 1 N–H and O–H groups in total. The number of methoxy groups -OCH3 is 1. The van der Waals surface area contributed by atoms with Crippen LogP contribution in [0.5, 0.6) is 0 Å². The van der Waals surface area contributed by atoms with E-state index in [0.29, 0.717) is 6.42 Å². The largest absolute Gasteiger partial charge is 0.469 e. The third kappa shape index (κ3) is 3.20. The van der Waals surface area contributed by atoms with Gasteiger partial charge in [-0.2, -0.15) is 0 Å². The lowest BCUT2D eigenvalue weighted by molar-refractivity contribution is -0.150. The van der Waals surface area contributed by atoms with E-state index in [-0.39, 0.29) is 12.6 Å². The SMILES string of the molecule is COC(=O)C(C)(C)Cc1ccc2c(nnn2C)c1-c1cccc(CO)c1. The van der Waals surface area contributed by atoms with Gasteiger partial charge in [-0.3, -0.25) is 4.79 Å². The molecule has 6 heteroatoms. The van der Waals surface area contributed by atoms with Gasteiger partial charge in [0.1, 0.15) is 5.52 Å². The molecule has 0 fully saturated rings. The van der Waals surface area contributed by atoms with Crippen LogP contribution >= 0.6 is 0 Å². The Morgan fingerprint density at radius 1 is 1.27 bits per heavy atom. The van der Waals surface area contributed by atoms with Gasteiger partial charge in [0.05, 0.1) is 24.6 Å². The molecule has 3 aromatic rings. The molecule has 26 heavy (non-hydrogen) atoms. The Morgan fingerprint density at radius 2 is 2.04 bits per heavy atom. The third-order valence-corrected chi connectivity index (χ3v) is 4.64. The molecule has 0 spiro atoms. The van der Waals surface area contributed by atoms with Crippen LogP contribution in [0.4, 0.5) is 0 Å². The summed E-state index contributed by atoms with van der Waals surface area (Å²) in [7, 11) is 3.25. The van der Waals surface area contributed by atoms with E-state index in [2.05, 4.69) is 10.3 Å². The van der Waals surface area contributed by atoms with Crippen molar-refractivity contribution in [1.82, 2.24) is 15.0 Å². The van der Waals surface area contributed by atoms with E-state index in [1.54, 1.807) is 4.68 Å². The summed E-state index contributed by atoms with van der Waals surface area (Å²) in [6, 6.07) is 11.7. The molecule has 0 saturated heterocycles. The molecular formula is C20H23N3O3. The highest BCUT2D eigenvalue weighted by atomic mass is 16.5. The van der Waals surface area contributed by atoms with Gasteiger partial charge in [0.25, 0.3) is 0 Å². The van der Waals surface area contributed by atoms with Crippen molar-refractivity contribution < 1.29 is 14.6 Å². The number of ether oxygens (including phenoxy) is 1. The lowest BCUT2D eigenvalue weighted by Crippen LogP contribution is -2.28. The molecule has 3 rings (SSSR count). The number of esters is 1. The topological polar surface area (TPSA) is 77.2 Å². The Balaban J connectivity index is 2.21. The molecule has 0 radical (unpaired) electrons. The number of aryl methyl sites for hydroxylation is 1. The van der Waals surface area contributed by atoms with E-state index in [4.69, 9.17) is 4.74 Å². The molecule has 0 bridgehead atoms. The van der Waals surface area contributed by atoms with E-state index in [1.165, 1.54) is 7.11 Å². The summed E-state index contributed by atoms with van der Waals surface area (Å²) < 4.78 is 6.68. The number of hydrogen-bond donors (Lipinski definition) is 1. The predicted octanol–water partition coefficient (Wildman–Crippen LogP) is 2.87. The third-order valence-electron chi connectivity index (χ3n) is 4.64. The maximum absolute atomic E-state index is 12.2. The number of rotatable bonds is 5. The Kier molecular flexibility index (Phi) is 4.78. The molecule has 0 unspecified atom stereocenters. The normalized spacial score (nSPS) is 11.7. The maximum atomic E-state index is 12.2.